The van der Waals surface area contributed by atoms with Crippen LogP contribution < -0.4 is 10.3 Å². The Hall–Kier alpha value is -3.22. The summed E-state index contributed by atoms with van der Waals surface area (Å²) in [5.74, 6) is 0.228. The molecule has 1 aliphatic heterocycles. The Morgan fingerprint density at radius 2 is 2.14 bits per heavy atom. The molecule has 0 spiro atoms. The van der Waals surface area contributed by atoms with Gasteiger partial charge in [0.15, 0.2) is 11.6 Å². The van der Waals surface area contributed by atoms with Crippen LogP contribution in [0.3, 0.4) is 0 Å². The second-order valence-electron chi connectivity index (χ2n) is 7.17. The monoisotopic (exact) mass is 395 g/mol. The first kappa shape index (κ1) is 19.1. The first-order valence-electron chi connectivity index (χ1n) is 9.67. The Bertz CT molecular complexity index is 1110. The molecule has 29 heavy (non-hydrogen) atoms. The van der Waals surface area contributed by atoms with Crippen LogP contribution in [0.4, 0.5) is 4.39 Å². The smallest absolute Gasteiger partial charge is 0.258 e. The normalized spacial score (nSPS) is 16.3. The van der Waals surface area contributed by atoms with Gasteiger partial charge in [-0.15, -0.1) is 0 Å². The molecule has 1 aliphatic rings. The number of benzene rings is 2. The Morgan fingerprint density at radius 1 is 1.31 bits per heavy atom. The molecule has 4 rings (SSSR count). The van der Waals surface area contributed by atoms with Gasteiger partial charge in [-0.05, 0) is 42.7 Å². The van der Waals surface area contributed by atoms with Crippen molar-refractivity contribution >= 4 is 16.8 Å². The van der Waals surface area contributed by atoms with E-state index in [1.54, 1.807) is 35.2 Å². The number of amides is 1. The van der Waals surface area contributed by atoms with Crippen molar-refractivity contribution < 1.29 is 13.9 Å². The van der Waals surface area contributed by atoms with E-state index in [0.717, 1.165) is 18.4 Å². The first-order chi connectivity index (χ1) is 14.1. The van der Waals surface area contributed by atoms with Gasteiger partial charge in [-0.3, -0.25) is 9.59 Å². The van der Waals surface area contributed by atoms with Gasteiger partial charge in [-0.2, -0.15) is 0 Å². The summed E-state index contributed by atoms with van der Waals surface area (Å²) in [6.45, 7) is 0.638. The number of aromatic amines is 1. The van der Waals surface area contributed by atoms with Crippen molar-refractivity contribution in [2.24, 2.45) is 0 Å². The molecule has 1 atom stereocenters. The molecule has 1 amide bonds. The summed E-state index contributed by atoms with van der Waals surface area (Å²) in [5, 5.41) is 0.531. The second kappa shape index (κ2) is 8.03. The zero-order valence-corrected chi connectivity index (χ0v) is 16.2. The van der Waals surface area contributed by atoms with Gasteiger partial charge in [0.2, 0.25) is 5.91 Å². The highest BCUT2D eigenvalue weighted by Gasteiger charge is 2.30. The molecule has 0 saturated carbocycles. The van der Waals surface area contributed by atoms with Crippen LogP contribution in [0.1, 0.15) is 36.7 Å². The van der Waals surface area contributed by atoms with Crippen LogP contribution >= 0.6 is 0 Å². The minimum Gasteiger partial charge on any atom is -0.494 e. The summed E-state index contributed by atoms with van der Waals surface area (Å²) in [6, 6.07) is 11.8. The van der Waals surface area contributed by atoms with Crippen LogP contribution in [0.25, 0.3) is 10.9 Å². The van der Waals surface area contributed by atoms with Crippen LogP contribution in [0.5, 0.6) is 5.75 Å². The Kier molecular flexibility index (Phi) is 5.29. The van der Waals surface area contributed by atoms with Crippen molar-refractivity contribution in [2.75, 3.05) is 13.7 Å². The Balaban J connectivity index is 1.48. The summed E-state index contributed by atoms with van der Waals surface area (Å²) in [6.07, 6.45) is 2.24. The molecule has 1 saturated heterocycles. The number of carbonyl (C=O) groups is 1. The molecule has 1 unspecified atom stereocenters. The fraction of sp³-hybridized carbons (Fsp3) is 0.318. The van der Waals surface area contributed by atoms with Crippen LogP contribution in [0.15, 0.2) is 47.3 Å². The zero-order chi connectivity index (χ0) is 20.4. The van der Waals surface area contributed by atoms with E-state index in [0.29, 0.717) is 29.7 Å². The van der Waals surface area contributed by atoms with Gasteiger partial charge in [-0.1, -0.05) is 18.2 Å². The molecule has 3 aromatic rings. The van der Waals surface area contributed by atoms with Crippen molar-refractivity contribution in [1.29, 1.82) is 0 Å². The number of ether oxygens (including phenoxy) is 1. The van der Waals surface area contributed by atoms with E-state index in [1.807, 2.05) is 6.07 Å². The van der Waals surface area contributed by atoms with Crippen molar-refractivity contribution in [2.45, 2.75) is 31.7 Å². The number of methoxy groups -OCH3 is 1. The van der Waals surface area contributed by atoms with E-state index in [9.17, 15) is 14.0 Å². The summed E-state index contributed by atoms with van der Waals surface area (Å²) in [4.78, 5) is 34.0. The van der Waals surface area contributed by atoms with Crippen molar-refractivity contribution in [3.05, 3.63) is 70.0 Å². The predicted molar refractivity (Wildman–Crippen MR) is 107 cm³/mol. The zero-order valence-electron chi connectivity index (χ0n) is 16.2. The Morgan fingerprint density at radius 3 is 2.93 bits per heavy atom. The third kappa shape index (κ3) is 3.85. The van der Waals surface area contributed by atoms with Gasteiger partial charge in [0.25, 0.3) is 5.56 Å². The lowest BCUT2D eigenvalue weighted by atomic mass is 10.0. The van der Waals surface area contributed by atoms with Crippen LogP contribution in [0.2, 0.25) is 0 Å². The lowest BCUT2D eigenvalue weighted by Crippen LogP contribution is -2.31. The molecule has 1 aromatic heterocycles. The van der Waals surface area contributed by atoms with Crippen LogP contribution in [-0.2, 0) is 11.2 Å². The average Bonchev–Trinajstić information content (AvgIpc) is 3.22. The number of hydrogen-bond donors (Lipinski definition) is 1. The maximum absolute atomic E-state index is 14.1. The fourth-order valence-electron chi connectivity index (χ4n) is 3.92. The predicted octanol–water partition coefficient (Wildman–Crippen LogP) is 3.37. The minimum atomic E-state index is -0.428. The molecule has 2 heterocycles. The molecule has 150 valence electrons. The summed E-state index contributed by atoms with van der Waals surface area (Å²) >= 11 is 0. The number of para-hydroxylation sites is 1. The molecule has 1 fully saturated rings. The number of carbonyl (C=O) groups excluding carboxylic acids is 1. The number of aryl methyl sites for hydroxylation is 1. The molecule has 6 nitrogen and oxygen atoms in total. The number of nitrogens with zero attached hydrogens (tertiary/aromatic N) is 2. The number of likely N-dealkylation sites (tertiary alicyclic amines) is 1. The Labute approximate surface area is 167 Å². The number of hydrogen-bond acceptors (Lipinski definition) is 4. The second-order valence-corrected chi connectivity index (χ2v) is 7.17. The van der Waals surface area contributed by atoms with E-state index in [4.69, 9.17) is 4.74 Å². The quantitative estimate of drug-likeness (QED) is 0.719. The SMILES string of the molecule is COc1ccc(C2CCCN2C(=O)CCc2nc3ccccc3c(=O)[nH]2)cc1F. The lowest BCUT2D eigenvalue weighted by Gasteiger charge is -2.25. The molecule has 0 bridgehead atoms. The van der Waals surface area contributed by atoms with Gasteiger partial charge in [0.05, 0.1) is 24.1 Å². The largest absolute Gasteiger partial charge is 0.494 e. The number of fused-ring (bicyclic) bond motifs is 1. The number of rotatable bonds is 5. The highest BCUT2D eigenvalue weighted by Crippen LogP contribution is 2.34. The van der Waals surface area contributed by atoms with Crippen LogP contribution in [-0.4, -0.2) is 34.4 Å². The van der Waals surface area contributed by atoms with E-state index in [-0.39, 0.29) is 29.7 Å². The highest BCUT2D eigenvalue weighted by molar-refractivity contribution is 5.78. The van der Waals surface area contributed by atoms with E-state index in [2.05, 4.69) is 9.97 Å². The van der Waals surface area contributed by atoms with Crippen molar-refractivity contribution in [3.8, 4) is 5.75 Å². The van der Waals surface area contributed by atoms with Crippen molar-refractivity contribution in [3.63, 3.8) is 0 Å². The van der Waals surface area contributed by atoms with E-state index >= 15 is 0 Å². The van der Waals surface area contributed by atoms with Crippen LogP contribution in [0, 0.1) is 5.82 Å². The third-order valence-electron chi connectivity index (χ3n) is 5.37. The molecule has 7 heteroatoms. The minimum absolute atomic E-state index is 0.0282. The number of aromatic nitrogens is 2. The summed E-state index contributed by atoms with van der Waals surface area (Å²) in [7, 11) is 1.43. The molecular formula is C22H22FN3O3. The summed E-state index contributed by atoms with van der Waals surface area (Å²) in [5.41, 5.74) is 1.18. The maximum atomic E-state index is 14.1. The molecular weight excluding hydrogens is 373 g/mol. The average molecular weight is 395 g/mol. The number of nitrogens with one attached hydrogen (secondary N) is 1. The summed E-state index contributed by atoms with van der Waals surface area (Å²) < 4.78 is 19.1. The highest BCUT2D eigenvalue weighted by atomic mass is 19.1. The van der Waals surface area contributed by atoms with E-state index in [1.165, 1.54) is 13.2 Å². The fourth-order valence-corrected chi connectivity index (χ4v) is 3.92. The number of H-pyrrole nitrogens is 1. The lowest BCUT2D eigenvalue weighted by molar-refractivity contribution is -0.132. The maximum Gasteiger partial charge on any atom is 0.258 e. The standard InChI is InChI=1S/C22H22FN3O3/c1-29-19-9-8-14(13-16(19)23)18-7-4-12-26(18)21(27)11-10-20-24-17-6-3-2-5-15(17)22(28)25-20/h2-3,5-6,8-9,13,18H,4,7,10-12H2,1H3,(H,24,25,28). The van der Waals surface area contributed by atoms with Gasteiger partial charge in [-0.25, -0.2) is 9.37 Å². The molecule has 2 aromatic carbocycles. The van der Waals surface area contributed by atoms with Gasteiger partial charge >= 0.3 is 0 Å². The topological polar surface area (TPSA) is 75.3 Å². The third-order valence-corrected chi connectivity index (χ3v) is 5.37. The molecule has 1 N–H and O–H groups in total. The molecule has 0 aliphatic carbocycles. The molecule has 0 radical (unpaired) electrons. The van der Waals surface area contributed by atoms with Gasteiger partial charge < -0.3 is 14.6 Å². The van der Waals surface area contributed by atoms with Gasteiger partial charge in [0.1, 0.15) is 5.82 Å². The van der Waals surface area contributed by atoms with Gasteiger partial charge in [0, 0.05) is 19.4 Å². The van der Waals surface area contributed by atoms with Crippen molar-refractivity contribution in [1.82, 2.24) is 14.9 Å². The number of halogens is 1. The van der Waals surface area contributed by atoms with E-state index < -0.39 is 5.82 Å². The first-order valence-corrected chi connectivity index (χ1v) is 9.67.